The van der Waals surface area contributed by atoms with E-state index in [0.717, 1.165) is 0 Å². The Kier molecular flexibility index (Phi) is 4.55. The summed E-state index contributed by atoms with van der Waals surface area (Å²) in [6.07, 6.45) is 4.43. The first-order valence-corrected chi connectivity index (χ1v) is 10.7. The third-order valence-electron chi connectivity index (χ3n) is 6.44. The zero-order chi connectivity index (χ0) is 21.6. The van der Waals surface area contributed by atoms with E-state index < -0.39 is 5.54 Å². The van der Waals surface area contributed by atoms with Gasteiger partial charge in [-0.15, -0.1) is 0 Å². The second kappa shape index (κ2) is 7.28. The Bertz CT molecular complexity index is 1120. The van der Waals surface area contributed by atoms with Crippen LogP contribution in [-0.4, -0.2) is 28.2 Å². The van der Waals surface area contributed by atoms with E-state index in [4.69, 9.17) is 0 Å². The van der Waals surface area contributed by atoms with Gasteiger partial charge in [-0.05, 0) is 35.4 Å². The number of hydrogen-bond donors (Lipinski definition) is 0. The number of anilines is 2. The summed E-state index contributed by atoms with van der Waals surface area (Å²) in [4.78, 5) is 4.28. The Morgan fingerprint density at radius 3 is 1.48 bits per heavy atom. The van der Waals surface area contributed by atoms with Crippen molar-refractivity contribution in [1.82, 2.24) is 0 Å². The van der Waals surface area contributed by atoms with E-state index in [2.05, 4.69) is 140 Å². The largest absolute Gasteiger partial charge is 0.378 e. The van der Waals surface area contributed by atoms with Gasteiger partial charge in [0, 0.05) is 68.4 Å². The Balaban J connectivity index is 1.84. The molecule has 31 heavy (non-hydrogen) atoms. The van der Waals surface area contributed by atoms with E-state index in [9.17, 15) is 0 Å². The molecule has 1 heterocycles. The second-order valence-corrected chi connectivity index (χ2v) is 8.60. The first kappa shape index (κ1) is 19.4. The summed E-state index contributed by atoms with van der Waals surface area (Å²) in [6.45, 7) is 0. The SMILES string of the molecule is CN(C)c1ccc(C2([n+]3ccc(N(C)C)cc3)c3ccccc3-c3ccccc32)cc1. The summed E-state index contributed by atoms with van der Waals surface area (Å²) in [5.74, 6) is 0. The molecule has 0 N–H and O–H groups in total. The first-order chi connectivity index (χ1) is 15.0. The molecule has 0 spiro atoms. The van der Waals surface area contributed by atoms with Crippen molar-refractivity contribution in [2.24, 2.45) is 0 Å². The van der Waals surface area contributed by atoms with E-state index in [0.29, 0.717) is 0 Å². The van der Waals surface area contributed by atoms with Crippen LogP contribution in [0.5, 0.6) is 0 Å². The lowest BCUT2D eigenvalue weighted by molar-refractivity contribution is -0.733. The van der Waals surface area contributed by atoms with Crippen molar-refractivity contribution in [3.63, 3.8) is 0 Å². The van der Waals surface area contributed by atoms with E-state index in [1.165, 1.54) is 39.2 Å². The van der Waals surface area contributed by atoms with E-state index in [-0.39, 0.29) is 0 Å². The molecule has 3 nitrogen and oxygen atoms in total. The van der Waals surface area contributed by atoms with Crippen molar-refractivity contribution < 1.29 is 4.57 Å². The first-order valence-electron chi connectivity index (χ1n) is 10.7. The summed E-state index contributed by atoms with van der Waals surface area (Å²) in [5.41, 5.74) is 8.48. The van der Waals surface area contributed by atoms with Crippen molar-refractivity contribution in [1.29, 1.82) is 0 Å². The average molecular weight is 407 g/mol. The fourth-order valence-electron chi connectivity index (χ4n) is 4.89. The van der Waals surface area contributed by atoms with Gasteiger partial charge in [-0.1, -0.05) is 48.5 Å². The third-order valence-corrected chi connectivity index (χ3v) is 6.44. The van der Waals surface area contributed by atoms with Crippen LogP contribution >= 0.6 is 0 Å². The van der Waals surface area contributed by atoms with E-state index >= 15 is 0 Å². The lowest BCUT2D eigenvalue weighted by atomic mass is 9.80. The molecule has 3 aromatic carbocycles. The molecule has 1 aromatic heterocycles. The van der Waals surface area contributed by atoms with Crippen molar-refractivity contribution in [3.8, 4) is 11.1 Å². The maximum Gasteiger partial charge on any atom is 0.245 e. The van der Waals surface area contributed by atoms with Crippen LogP contribution in [0, 0.1) is 0 Å². The zero-order valence-electron chi connectivity index (χ0n) is 18.6. The molecule has 0 saturated carbocycles. The fourth-order valence-corrected chi connectivity index (χ4v) is 4.89. The molecular formula is C28H28N3+. The number of pyridine rings is 1. The molecule has 0 bridgehead atoms. The number of hydrogen-bond acceptors (Lipinski definition) is 2. The molecule has 4 aromatic rings. The van der Waals surface area contributed by atoms with Crippen molar-refractivity contribution in [2.45, 2.75) is 5.54 Å². The van der Waals surface area contributed by atoms with Crippen molar-refractivity contribution in [2.75, 3.05) is 38.0 Å². The highest BCUT2D eigenvalue weighted by Gasteiger charge is 2.52. The summed E-state index contributed by atoms with van der Waals surface area (Å²) >= 11 is 0. The maximum atomic E-state index is 2.37. The number of rotatable bonds is 4. The molecule has 3 heteroatoms. The van der Waals surface area contributed by atoms with Crippen LogP contribution in [0.25, 0.3) is 11.1 Å². The van der Waals surface area contributed by atoms with Gasteiger partial charge in [-0.25, -0.2) is 0 Å². The predicted molar refractivity (Wildman–Crippen MR) is 129 cm³/mol. The van der Waals surface area contributed by atoms with Gasteiger partial charge in [0.15, 0.2) is 12.4 Å². The summed E-state index contributed by atoms with van der Waals surface area (Å²) < 4.78 is 2.37. The van der Waals surface area contributed by atoms with Crippen LogP contribution in [0.1, 0.15) is 16.7 Å². The second-order valence-electron chi connectivity index (χ2n) is 8.60. The molecular weight excluding hydrogens is 378 g/mol. The van der Waals surface area contributed by atoms with E-state index in [1.54, 1.807) is 0 Å². The molecule has 154 valence electrons. The van der Waals surface area contributed by atoms with Gasteiger partial charge in [-0.3, -0.25) is 0 Å². The number of benzene rings is 3. The highest BCUT2D eigenvalue weighted by atomic mass is 15.1. The highest BCUT2D eigenvalue weighted by Crippen LogP contribution is 2.50. The molecule has 0 atom stereocenters. The van der Waals surface area contributed by atoms with Gasteiger partial charge >= 0.3 is 0 Å². The molecule has 5 rings (SSSR count). The Labute approximate surface area is 184 Å². The van der Waals surface area contributed by atoms with Crippen molar-refractivity contribution in [3.05, 3.63) is 114 Å². The van der Waals surface area contributed by atoms with E-state index in [1.807, 2.05) is 0 Å². The lowest BCUT2D eigenvalue weighted by Gasteiger charge is -2.28. The smallest absolute Gasteiger partial charge is 0.245 e. The van der Waals surface area contributed by atoms with Crippen LogP contribution in [0.4, 0.5) is 11.4 Å². The van der Waals surface area contributed by atoms with Crippen LogP contribution in [-0.2, 0) is 5.54 Å². The highest BCUT2D eigenvalue weighted by molar-refractivity contribution is 5.82. The molecule has 0 saturated heterocycles. The van der Waals surface area contributed by atoms with Gasteiger partial charge < -0.3 is 9.80 Å². The molecule has 0 aliphatic heterocycles. The van der Waals surface area contributed by atoms with Crippen LogP contribution in [0.15, 0.2) is 97.3 Å². The van der Waals surface area contributed by atoms with Crippen LogP contribution in [0.3, 0.4) is 0 Å². The molecule has 0 fully saturated rings. The van der Waals surface area contributed by atoms with Gasteiger partial charge in [0.25, 0.3) is 0 Å². The number of fused-ring (bicyclic) bond motifs is 3. The van der Waals surface area contributed by atoms with Crippen LogP contribution < -0.4 is 14.4 Å². The quantitative estimate of drug-likeness (QED) is 0.392. The average Bonchev–Trinajstić information content (AvgIpc) is 3.11. The Morgan fingerprint density at radius 1 is 0.548 bits per heavy atom. The molecule has 0 radical (unpaired) electrons. The van der Waals surface area contributed by atoms with Gasteiger partial charge in [0.1, 0.15) is 0 Å². The molecule has 0 amide bonds. The van der Waals surface area contributed by atoms with Crippen LogP contribution in [0.2, 0.25) is 0 Å². The fraction of sp³-hybridized carbons (Fsp3) is 0.179. The minimum Gasteiger partial charge on any atom is -0.378 e. The summed E-state index contributed by atoms with van der Waals surface area (Å²) in [6, 6.07) is 31.0. The Morgan fingerprint density at radius 2 is 1.00 bits per heavy atom. The van der Waals surface area contributed by atoms with Crippen molar-refractivity contribution >= 4 is 11.4 Å². The molecule has 1 aliphatic carbocycles. The normalized spacial score (nSPS) is 13.4. The van der Waals surface area contributed by atoms with Gasteiger partial charge in [-0.2, -0.15) is 4.57 Å². The standard InChI is InChI=1S/C28H28N3/c1-29(2)22-15-13-21(14-16-22)28(31-19-17-23(18-20-31)30(3)4)26-11-7-5-9-24(26)25-10-6-8-12-27(25)28/h5-20H,1-4H3/q+1. The summed E-state index contributed by atoms with van der Waals surface area (Å²) in [7, 11) is 8.32. The number of aromatic nitrogens is 1. The molecule has 1 aliphatic rings. The molecule has 0 unspecified atom stereocenters. The third kappa shape index (κ3) is 2.84. The lowest BCUT2D eigenvalue weighted by Crippen LogP contribution is -2.57. The minimum atomic E-state index is -0.414. The van der Waals surface area contributed by atoms with Gasteiger partial charge in [0.05, 0.1) is 0 Å². The minimum absolute atomic E-state index is 0.414. The predicted octanol–water partition coefficient (Wildman–Crippen LogP) is 4.93. The monoisotopic (exact) mass is 406 g/mol. The summed E-state index contributed by atoms with van der Waals surface area (Å²) in [5, 5.41) is 0. The zero-order valence-corrected chi connectivity index (χ0v) is 18.6. The Hall–Kier alpha value is -3.59. The maximum absolute atomic E-state index is 2.37. The topological polar surface area (TPSA) is 10.4 Å². The number of nitrogens with zero attached hydrogens (tertiary/aromatic N) is 3. The van der Waals surface area contributed by atoms with Gasteiger partial charge in [0.2, 0.25) is 5.54 Å².